The molecule has 92 valence electrons. The molecule has 1 N–H and O–H groups in total. The van der Waals surface area contributed by atoms with Crippen molar-refractivity contribution in [2.75, 3.05) is 0 Å². The van der Waals surface area contributed by atoms with E-state index in [4.69, 9.17) is 9.84 Å². The Morgan fingerprint density at radius 2 is 2.31 bits per heavy atom. The molecule has 0 saturated carbocycles. The maximum absolute atomic E-state index is 11.0. The van der Waals surface area contributed by atoms with E-state index in [1.807, 2.05) is 6.92 Å². The molecule has 1 fully saturated rings. The first-order valence-electron chi connectivity index (χ1n) is 6.12. The zero-order chi connectivity index (χ0) is 12.0. The van der Waals surface area contributed by atoms with Gasteiger partial charge in [0.25, 0.3) is 0 Å². The van der Waals surface area contributed by atoms with Crippen LogP contribution in [0.1, 0.15) is 46.0 Å². The average molecular weight is 226 g/mol. The summed E-state index contributed by atoms with van der Waals surface area (Å²) in [4.78, 5) is 11.0. The normalized spacial score (nSPS) is 27.3. The molecule has 16 heavy (non-hydrogen) atoms. The first-order valence-corrected chi connectivity index (χ1v) is 6.12. The summed E-state index contributed by atoms with van der Waals surface area (Å²) in [5, 5.41) is 9.06. The Hall–Kier alpha value is -0.830. The highest BCUT2D eigenvalue weighted by Gasteiger charge is 2.29. The Labute approximate surface area is 97.5 Å². The number of aliphatic hydroxyl groups excluding tert-OH is 1. The van der Waals surface area contributed by atoms with Gasteiger partial charge >= 0.3 is 5.97 Å². The number of cyclic esters (lactones) is 1. The van der Waals surface area contributed by atoms with Gasteiger partial charge in [-0.15, -0.1) is 0 Å². The third-order valence-electron chi connectivity index (χ3n) is 2.93. The molecule has 0 radical (unpaired) electrons. The summed E-state index contributed by atoms with van der Waals surface area (Å²) in [6, 6.07) is 0. The lowest BCUT2D eigenvalue weighted by atomic mass is 10.0. The summed E-state index contributed by atoms with van der Waals surface area (Å²) in [7, 11) is 0. The molecule has 1 rings (SSSR count). The summed E-state index contributed by atoms with van der Waals surface area (Å²) in [5.41, 5.74) is 0. The van der Waals surface area contributed by atoms with Crippen LogP contribution in [0.4, 0.5) is 0 Å². The van der Waals surface area contributed by atoms with Crippen LogP contribution in [0.2, 0.25) is 0 Å². The number of unbranched alkanes of at least 4 members (excludes halogenated alkanes) is 1. The van der Waals surface area contributed by atoms with Crippen molar-refractivity contribution in [3.63, 3.8) is 0 Å². The zero-order valence-electron chi connectivity index (χ0n) is 10.2. The summed E-state index contributed by atoms with van der Waals surface area (Å²) in [6.07, 6.45) is 8.28. The molecule has 0 aromatic carbocycles. The number of aliphatic hydroxyl groups is 1. The van der Waals surface area contributed by atoms with Crippen molar-refractivity contribution in [1.82, 2.24) is 0 Å². The van der Waals surface area contributed by atoms with Gasteiger partial charge in [-0.1, -0.05) is 19.1 Å². The first kappa shape index (κ1) is 13.2. The molecule has 2 unspecified atom stereocenters. The molecule has 0 aromatic rings. The van der Waals surface area contributed by atoms with Gasteiger partial charge in [0.1, 0.15) is 6.10 Å². The van der Waals surface area contributed by atoms with Crippen LogP contribution in [0.5, 0.6) is 0 Å². The van der Waals surface area contributed by atoms with Crippen LogP contribution < -0.4 is 0 Å². The van der Waals surface area contributed by atoms with E-state index in [0.29, 0.717) is 12.3 Å². The molecule has 1 aliphatic rings. The molecule has 3 atom stereocenters. The van der Waals surface area contributed by atoms with Crippen LogP contribution in [0.25, 0.3) is 0 Å². The second-order valence-corrected chi connectivity index (χ2v) is 4.70. The fraction of sp³-hybridized carbons (Fsp3) is 0.769. The number of esters is 1. The third kappa shape index (κ3) is 4.79. The lowest BCUT2D eigenvalue weighted by Crippen LogP contribution is -2.11. The fourth-order valence-electron chi connectivity index (χ4n) is 1.89. The van der Waals surface area contributed by atoms with Crippen molar-refractivity contribution in [1.29, 1.82) is 0 Å². The number of carbonyl (C=O) groups excluding carboxylic acids is 1. The van der Waals surface area contributed by atoms with Gasteiger partial charge < -0.3 is 9.84 Å². The van der Waals surface area contributed by atoms with E-state index in [9.17, 15) is 4.79 Å². The number of carbonyl (C=O) groups is 1. The van der Waals surface area contributed by atoms with Crippen LogP contribution in [0.15, 0.2) is 12.2 Å². The van der Waals surface area contributed by atoms with E-state index < -0.39 is 0 Å². The summed E-state index contributed by atoms with van der Waals surface area (Å²) in [5.74, 6) is 0.273. The minimum Gasteiger partial charge on any atom is -0.462 e. The van der Waals surface area contributed by atoms with Gasteiger partial charge in [-0.2, -0.15) is 0 Å². The van der Waals surface area contributed by atoms with Crippen LogP contribution in [-0.4, -0.2) is 23.3 Å². The van der Waals surface area contributed by atoms with Gasteiger partial charge in [0.15, 0.2) is 0 Å². The summed E-state index contributed by atoms with van der Waals surface area (Å²) in [6.45, 7) is 3.86. The van der Waals surface area contributed by atoms with Gasteiger partial charge in [0.2, 0.25) is 0 Å². The Morgan fingerprint density at radius 3 is 2.88 bits per heavy atom. The van der Waals surface area contributed by atoms with E-state index in [1.165, 1.54) is 0 Å². The monoisotopic (exact) mass is 226 g/mol. The molecule has 0 aliphatic carbocycles. The number of hydrogen-bond acceptors (Lipinski definition) is 3. The molecule has 0 spiro atoms. The highest BCUT2D eigenvalue weighted by Crippen LogP contribution is 2.24. The average Bonchev–Trinajstić information content (AvgIpc) is 2.50. The molecule has 1 aliphatic heterocycles. The zero-order valence-corrected chi connectivity index (χ0v) is 10.2. The maximum atomic E-state index is 11.0. The standard InChI is InChI=1S/C13H22O3/c1-10-9-13(15)16-12(10)8-6-4-3-5-7-11(2)14/h4,6,10-12,14H,3,5,7-9H2,1-2H3/b6-4-/t10?,11-,12?/m0/s1. The summed E-state index contributed by atoms with van der Waals surface area (Å²) >= 11 is 0. The van der Waals surface area contributed by atoms with Crippen molar-refractivity contribution in [2.45, 2.75) is 58.2 Å². The lowest BCUT2D eigenvalue weighted by Gasteiger charge is -2.10. The Kier molecular flexibility index (Phi) is 5.53. The number of allylic oxidation sites excluding steroid dienone is 1. The van der Waals surface area contributed by atoms with Gasteiger partial charge in [-0.25, -0.2) is 0 Å². The molecule has 1 heterocycles. The Morgan fingerprint density at radius 1 is 1.56 bits per heavy atom. The van der Waals surface area contributed by atoms with Gasteiger partial charge in [0, 0.05) is 12.3 Å². The van der Waals surface area contributed by atoms with Gasteiger partial charge in [-0.05, 0) is 26.2 Å². The molecule has 3 nitrogen and oxygen atoms in total. The minimum absolute atomic E-state index is 0.0694. The van der Waals surface area contributed by atoms with Crippen LogP contribution in [-0.2, 0) is 9.53 Å². The van der Waals surface area contributed by atoms with Gasteiger partial charge in [-0.3, -0.25) is 4.79 Å². The molecular weight excluding hydrogens is 204 g/mol. The van der Waals surface area contributed by atoms with E-state index in [2.05, 4.69) is 19.1 Å². The first-order chi connectivity index (χ1) is 7.59. The molecular formula is C13H22O3. The highest BCUT2D eigenvalue weighted by atomic mass is 16.5. The molecule has 3 heteroatoms. The fourth-order valence-corrected chi connectivity index (χ4v) is 1.89. The van der Waals surface area contributed by atoms with E-state index >= 15 is 0 Å². The highest BCUT2D eigenvalue weighted by molar-refractivity contribution is 5.72. The van der Waals surface area contributed by atoms with Crippen LogP contribution in [0, 0.1) is 5.92 Å². The maximum Gasteiger partial charge on any atom is 0.306 e. The number of hydrogen-bond donors (Lipinski definition) is 1. The van der Waals surface area contributed by atoms with Crippen molar-refractivity contribution in [2.24, 2.45) is 5.92 Å². The molecule has 0 amide bonds. The van der Waals surface area contributed by atoms with E-state index in [-0.39, 0.29) is 18.2 Å². The molecule has 0 bridgehead atoms. The van der Waals surface area contributed by atoms with Crippen molar-refractivity contribution in [3.05, 3.63) is 12.2 Å². The number of rotatable bonds is 6. The smallest absolute Gasteiger partial charge is 0.306 e. The second kappa shape index (κ2) is 6.69. The summed E-state index contributed by atoms with van der Waals surface area (Å²) < 4.78 is 5.19. The van der Waals surface area contributed by atoms with Crippen LogP contribution in [0.3, 0.4) is 0 Å². The molecule has 0 aromatic heterocycles. The minimum atomic E-state index is -0.204. The van der Waals surface area contributed by atoms with Crippen LogP contribution >= 0.6 is 0 Å². The Bertz CT molecular complexity index is 246. The quantitative estimate of drug-likeness (QED) is 0.430. The molecule has 1 saturated heterocycles. The second-order valence-electron chi connectivity index (χ2n) is 4.70. The third-order valence-corrected chi connectivity index (χ3v) is 2.93. The van der Waals surface area contributed by atoms with E-state index in [0.717, 1.165) is 25.7 Å². The Balaban J connectivity index is 2.10. The van der Waals surface area contributed by atoms with E-state index in [1.54, 1.807) is 0 Å². The predicted octanol–water partition coefficient (Wildman–Crippen LogP) is 2.44. The number of ether oxygens (including phenoxy) is 1. The van der Waals surface area contributed by atoms with Crippen molar-refractivity contribution in [3.8, 4) is 0 Å². The topological polar surface area (TPSA) is 46.5 Å². The predicted molar refractivity (Wildman–Crippen MR) is 62.9 cm³/mol. The SMILES string of the molecule is CC1CC(=O)OC1C/C=C\CCC[C@H](C)O. The van der Waals surface area contributed by atoms with Crippen molar-refractivity contribution < 1.29 is 14.6 Å². The lowest BCUT2D eigenvalue weighted by molar-refractivity contribution is -0.141. The van der Waals surface area contributed by atoms with Crippen molar-refractivity contribution >= 4 is 5.97 Å². The largest absolute Gasteiger partial charge is 0.462 e. The van der Waals surface area contributed by atoms with Gasteiger partial charge in [0.05, 0.1) is 12.5 Å².